The van der Waals surface area contributed by atoms with Crippen molar-refractivity contribution in [1.82, 2.24) is 0 Å². The Morgan fingerprint density at radius 3 is 2.47 bits per heavy atom. The molecule has 0 aromatic heterocycles. The minimum Gasteiger partial charge on any atom is -0.493 e. The van der Waals surface area contributed by atoms with Crippen LogP contribution in [0.15, 0.2) is 72.5 Å². The lowest BCUT2D eigenvalue weighted by Crippen LogP contribution is -2.09. The average molecular weight is 400 g/mol. The van der Waals surface area contributed by atoms with Gasteiger partial charge in [0.05, 0.1) is 17.7 Å². The number of hydrogen-bond donors (Lipinski definition) is 0. The van der Waals surface area contributed by atoms with Gasteiger partial charge in [0.15, 0.2) is 5.76 Å². The number of Topliss-reactive ketones (excluding diaryl/α,β-unsaturated/α-hetero) is 1. The number of carbonyl (C=O) groups excluding carboxylic acids is 2. The largest absolute Gasteiger partial charge is 0.493 e. The highest BCUT2D eigenvalue weighted by Gasteiger charge is 2.30. The molecule has 0 amide bonds. The molecule has 0 aliphatic carbocycles. The number of esters is 1. The second-order valence-corrected chi connectivity index (χ2v) is 6.73. The van der Waals surface area contributed by atoms with Crippen LogP contribution in [0.4, 0.5) is 0 Å². The first kappa shape index (κ1) is 19.5. The van der Waals surface area contributed by atoms with Gasteiger partial charge in [-0.2, -0.15) is 0 Å². The summed E-state index contributed by atoms with van der Waals surface area (Å²) < 4.78 is 17.0. The molecule has 0 saturated heterocycles. The van der Waals surface area contributed by atoms with Crippen LogP contribution in [0, 0.1) is 6.92 Å². The molecule has 0 atom stereocenters. The van der Waals surface area contributed by atoms with E-state index in [0.29, 0.717) is 40.5 Å². The van der Waals surface area contributed by atoms with Gasteiger partial charge in [-0.15, -0.1) is 0 Å². The van der Waals surface area contributed by atoms with E-state index in [1.54, 1.807) is 49.4 Å². The molecule has 0 fully saturated rings. The maximum Gasteiger partial charge on any atom is 0.343 e. The van der Waals surface area contributed by atoms with E-state index < -0.39 is 5.97 Å². The summed E-state index contributed by atoms with van der Waals surface area (Å²) in [6.45, 7) is 4.18. The van der Waals surface area contributed by atoms with Crippen molar-refractivity contribution >= 4 is 17.8 Å². The van der Waals surface area contributed by atoms with Gasteiger partial charge < -0.3 is 14.2 Å². The van der Waals surface area contributed by atoms with Gasteiger partial charge in [-0.05, 0) is 50.3 Å². The van der Waals surface area contributed by atoms with Crippen molar-refractivity contribution in [3.05, 3.63) is 94.7 Å². The van der Waals surface area contributed by atoms with E-state index in [-0.39, 0.29) is 11.5 Å². The van der Waals surface area contributed by atoms with Crippen molar-refractivity contribution in [3.8, 4) is 17.2 Å². The number of rotatable bonds is 5. The van der Waals surface area contributed by atoms with Crippen LogP contribution in [-0.2, 0) is 0 Å². The Kier molecular flexibility index (Phi) is 5.35. The Morgan fingerprint density at radius 2 is 1.70 bits per heavy atom. The van der Waals surface area contributed by atoms with Crippen LogP contribution in [-0.4, -0.2) is 18.4 Å². The summed E-state index contributed by atoms with van der Waals surface area (Å²) in [5.74, 6) is 0.940. The Morgan fingerprint density at radius 1 is 0.967 bits per heavy atom. The molecule has 0 N–H and O–H groups in total. The topological polar surface area (TPSA) is 61.8 Å². The third-order valence-corrected chi connectivity index (χ3v) is 4.75. The maximum atomic E-state index is 12.8. The Labute approximate surface area is 174 Å². The van der Waals surface area contributed by atoms with Crippen LogP contribution in [0.1, 0.15) is 38.8 Å². The van der Waals surface area contributed by atoms with Gasteiger partial charge in [0.2, 0.25) is 5.78 Å². The van der Waals surface area contributed by atoms with Crippen molar-refractivity contribution < 1.29 is 23.8 Å². The molecule has 0 unspecified atom stereocenters. The minimum atomic E-state index is -0.468. The van der Waals surface area contributed by atoms with E-state index in [2.05, 4.69) is 0 Å². The van der Waals surface area contributed by atoms with Gasteiger partial charge in [0.25, 0.3) is 0 Å². The highest BCUT2D eigenvalue weighted by Crippen LogP contribution is 2.40. The highest BCUT2D eigenvalue weighted by molar-refractivity contribution is 6.15. The standard InChI is InChI=1S/C25H20O5/c1-3-28-21-12-8-7-11-18(21)15-22-23(26)19-13-14-20(16(2)24(19)29-22)30-25(27)17-9-5-4-6-10-17/h4-15H,3H2,1-2H3/b22-15-. The van der Waals surface area contributed by atoms with E-state index in [1.807, 2.05) is 37.3 Å². The molecule has 0 bridgehead atoms. The molecule has 1 aliphatic heterocycles. The van der Waals surface area contributed by atoms with Crippen LogP contribution >= 0.6 is 0 Å². The van der Waals surface area contributed by atoms with Gasteiger partial charge >= 0.3 is 5.97 Å². The molecular formula is C25H20O5. The number of allylic oxidation sites excluding steroid dienone is 1. The third-order valence-electron chi connectivity index (χ3n) is 4.75. The fourth-order valence-electron chi connectivity index (χ4n) is 3.24. The number of ketones is 1. The lowest BCUT2D eigenvalue weighted by Gasteiger charge is -2.10. The van der Waals surface area contributed by atoms with Crippen molar-refractivity contribution in [2.45, 2.75) is 13.8 Å². The summed E-state index contributed by atoms with van der Waals surface area (Å²) >= 11 is 0. The van der Waals surface area contributed by atoms with Gasteiger partial charge in [-0.1, -0.05) is 36.4 Å². The first-order valence-electron chi connectivity index (χ1n) is 9.65. The molecule has 0 saturated carbocycles. The number of benzene rings is 3. The SMILES string of the molecule is CCOc1ccccc1/C=C1\Oc2c(ccc(OC(=O)c3ccccc3)c2C)C1=O. The van der Waals surface area contributed by atoms with Crippen LogP contribution in [0.2, 0.25) is 0 Å². The van der Waals surface area contributed by atoms with Crippen LogP contribution < -0.4 is 14.2 Å². The summed E-state index contributed by atoms with van der Waals surface area (Å²) in [6, 6.07) is 19.4. The first-order chi connectivity index (χ1) is 14.6. The molecule has 5 heteroatoms. The molecule has 3 aromatic carbocycles. The molecule has 0 spiro atoms. The van der Waals surface area contributed by atoms with Gasteiger partial charge in [-0.25, -0.2) is 4.79 Å². The van der Waals surface area contributed by atoms with Gasteiger partial charge in [0.1, 0.15) is 17.2 Å². The summed E-state index contributed by atoms with van der Waals surface area (Å²) in [7, 11) is 0. The van der Waals surface area contributed by atoms with E-state index in [9.17, 15) is 9.59 Å². The first-order valence-corrected chi connectivity index (χ1v) is 9.65. The zero-order chi connectivity index (χ0) is 21.1. The van der Waals surface area contributed by atoms with E-state index >= 15 is 0 Å². The van der Waals surface area contributed by atoms with E-state index in [0.717, 1.165) is 5.56 Å². The molecular weight excluding hydrogens is 380 g/mol. The van der Waals surface area contributed by atoms with Crippen LogP contribution in [0.3, 0.4) is 0 Å². The van der Waals surface area contributed by atoms with Crippen molar-refractivity contribution in [2.75, 3.05) is 6.61 Å². The number of para-hydroxylation sites is 1. The Hall–Kier alpha value is -3.86. The number of carbonyl (C=O) groups is 2. The molecule has 150 valence electrons. The highest BCUT2D eigenvalue weighted by atomic mass is 16.5. The lowest BCUT2D eigenvalue weighted by atomic mass is 10.1. The summed E-state index contributed by atoms with van der Waals surface area (Å²) in [5.41, 5.74) is 2.23. The summed E-state index contributed by atoms with van der Waals surface area (Å²) in [5, 5.41) is 0. The quantitative estimate of drug-likeness (QED) is 0.333. The molecule has 1 heterocycles. The second kappa shape index (κ2) is 8.25. The van der Waals surface area contributed by atoms with Crippen molar-refractivity contribution in [1.29, 1.82) is 0 Å². The number of hydrogen-bond acceptors (Lipinski definition) is 5. The molecule has 1 aliphatic rings. The van der Waals surface area contributed by atoms with Crippen LogP contribution in [0.25, 0.3) is 6.08 Å². The second-order valence-electron chi connectivity index (χ2n) is 6.73. The van der Waals surface area contributed by atoms with E-state index in [4.69, 9.17) is 14.2 Å². The smallest absolute Gasteiger partial charge is 0.343 e. The average Bonchev–Trinajstić information content (AvgIpc) is 3.08. The maximum absolute atomic E-state index is 12.8. The fraction of sp³-hybridized carbons (Fsp3) is 0.120. The number of ether oxygens (including phenoxy) is 3. The van der Waals surface area contributed by atoms with Crippen molar-refractivity contribution in [3.63, 3.8) is 0 Å². The normalized spacial score (nSPS) is 13.7. The zero-order valence-electron chi connectivity index (χ0n) is 16.7. The van der Waals surface area contributed by atoms with Gasteiger partial charge in [-0.3, -0.25) is 4.79 Å². The monoisotopic (exact) mass is 400 g/mol. The molecule has 0 radical (unpaired) electrons. The van der Waals surface area contributed by atoms with E-state index in [1.165, 1.54) is 0 Å². The molecule has 5 nitrogen and oxygen atoms in total. The third kappa shape index (κ3) is 3.70. The predicted molar refractivity (Wildman–Crippen MR) is 113 cm³/mol. The molecule has 30 heavy (non-hydrogen) atoms. The van der Waals surface area contributed by atoms with Gasteiger partial charge in [0, 0.05) is 11.1 Å². The van der Waals surface area contributed by atoms with Crippen molar-refractivity contribution in [2.24, 2.45) is 0 Å². The zero-order valence-corrected chi connectivity index (χ0v) is 16.7. The Balaban J connectivity index is 1.62. The lowest BCUT2D eigenvalue weighted by molar-refractivity contribution is 0.0733. The summed E-state index contributed by atoms with van der Waals surface area (Å²) in [4.78, 5) is 25.2. The fourth-order valence-corrected chi connectivity index (χ4v) is 3.24. The minimum absolute atomic E-state index is 0.201. The predicted octanol–water partition coefficient (Wildman–Crippen LogP) is 5.23. The molecule has 3 aromatic rings. The van der Waals surface area contributed by atoms with Crippen LogP contribution in [0.5, 0.6) is 17.2 Å². The summed E-state index contributed by atoms with van der Waals surface area (Å²) in [6.07, 6.45) is 1.67. The Bertz CT molecular complexity index is 1150. The molecule has 4 rings (SSSR count). The number of fused-ring (bicyclic) bond motifs is 1.